The van der Waals surface area contributed by atoms with E-state index in [0.717, 1.165) is 28.1 Å². The molecule has 152 valence electrons. The van der Waals surface area contributed by atoms with Gasteiger partial charge in [0.25, 0.3) is 0 Å². The minimum absolute atomic E-state index is 0.336. The van der Waals surface area contributed by atoms with Gasteiger partial charge in [-0.3, -0.25) is 0 Å². The molecule has 0 amide bonds. The third-order valence-electron chi connectivity index (χ3n) is 4.22. The summed E-state index contributed by atoms with van der Waals surface area (Å²) in [5.41, 5.74) is 3.22. The zero-order valence-corrected chi connectivity index (χ0v) is 19.7. The predicted molar refractivity (Wildman–Crippen MR) is 122 cm³/mol. The van der Waals surface area contributed by atoms with Crippen molar-refractivity contribution in [3.8, 4) is 11.3 Å². The number of ether oxygens (including phenoxy) is 1. The van der Waals surface area contributed by atoms with Gasteiger partial charge in [0.1, 0.15) is 11.4 Å². The Balaban J connectivity index is 2.02. The molecule has 1 N–H and O–H groups in total. The maximum Gasteiger partial charge on any atom is 0.341 e. The molecule has 1 aromatic carbocycles. The van der Waals surface area contributed by atoms with Crippen molar-refractivity contribution < 1.29 is 9.53 Å². The monoisotopic (exact) mass is 493 g/mol. The van der Waals surface area contributed by atoms with Gasteiger partial charge in [-0.15, -0.1) is 11.3 Å². The van der Waals surface area contributed by atoms with Gasteiger partial charge in [-0.25, -0.2) is 14.8 Å². The van der Waals surface area contributed by atoms with Gasteiger partial charge in [-0.05, 0) is 52.9 Å². The van der Waals surface area contributed by atoms with Crippen LogP contribution in [0.1, 0.15) is 34.6 Å². The number of carbonyl (C=O) groups is 1. The summed E-state index contributed by atoms with van der Waals surface area (Å²) in [7, 11) is 1.34. The van der Waals surface area contributed by atoms with E-state index in [0.29, 0.717) is 31.9 Å². The summed E-state index contributed by atoms with van der Waals surface area (Å²) in [4.78, 5) is 22.4. The maximum atomic E-state index is 12.1. The Hall–Kier alpha value is -1.96. The number of halogens is 2. The van der Waals surface area contributed by atoms with Crippen molar-refractivity contribution >= 4 is 55.8 Å². The van der Waals surface area contributed by atoms with E-state index in [1.165, 1.54) is 7.11 Å². The van der Waals surface area contributed by atoms with Gasteiger partial charge in [-0.2, -0.15) is 0 Å². The van der Waals surface area contributed by atoms with E-state index in [1.807, 2.05) is 25.1 Å². The predicted octanol–water partition coefficient (Wildman–Crippen LogP) is 6.66. The highest BCUT2D eigenvalue weighted by Gasteiger charge is 2.19. The molecule has 0 aliphatic carbocycles. The fourth-order valence-electron chi connectivity index (χ4n) is 2.79. The van der Waals surface area contributed by atoms with Crippen molar-refractivity contribution in [2.24, 2.45) is 5.92 Å². The van der Waals surface area contributed by atoms with Crippen LogP contribution in [-0.4, -0.2) is 23.0 Å². The van der Waals surface area contributed by atoms with Crippen LogP contribution < -0.4 is 5.32 Å². The molecule has 2 heterocycles. The number of esters is 1. The summed E-state index contributed by atoms with van der Waals surface area (Å²) in [6.07, 6.45) is 2.51. The molecule has 29 heavy (non-hydrogen) atoms. The molecule has 0 bridgehead atoms. The number of hydrogen-bond donors (Lipinski definition) is 1. The number of nitrogens with one attached hydrogen (secondary N) is 1. The Morgan fingerprint density at radius 2 is 2.10 bits per heavy atom. The molecule has 2 aromatic heterocycles. The minimum atomic E-state index is -0.467. The number of aryl methyl sites for hydroxylation is 1. The molecule has 0 atom stereocenters. The maximum absolute atomic E-state index is 12.1. The molecule has 0 unspecified atom stereocenters. The largest absolute Gasteiger partial charge is 0.465 e. The summed E-state index contributed by atoms with van der Waals surface area (Å²) >= 11 is 11.2. The molecule has 0 aliphatic heterocycles. The molecule has 5 nitrogen and oxygen atoms in total. The van der Waals surface area contributed by atoms with E-state index in [1.54, 1.807) is 23.6 Å². The number of anilines is 2. The summed E-state index contributed by atoms with van der Waals surface area (Å²) in [6.45, 7) is 6.32. The highest BCUT2D eigenvalue weighted by Crippen LogP contribution is 2.36. The van der Waals surface area contributed by atoms with Gasteiger partial charge in [0.05, 0.1) is 12.8 Å². The fourth-order valence-corrected chi connectivity index (χ4v) is 4.49. The third kappa shape index (κ3) is 5.15. The van der Waals surface area contributed by atoms with E-state index < -0.39 is 5.97 Å². The first-order valence-electron chi connectivity index (χ1n) is 9.05. The van der Waals surface area contributed by atoms with Crippen molar-refractivity contribution in [2.75, 3.05) is 12.4 Å². The van der Waals surface area contributed by atoms with Crippen molar-refractivity contribution in [3.63, 3.8) is 0 Å². The second-order valence-electron chi connectivity index (χ2n) is 7.02. The summed E-state index contributed by atoms with van der Waals surface area (Å²) in [5.74, 6) is 0.406. The van der Waals surface area contributed by atoms with E-state index in [9.17, 15) is 4.79 Å². The minimum Gasteiger partial charge on any atom is -0.465 e. The lowest BCUT2D eigenvalue weighted by Gasteiger charge is -2.07. The number of aromatic nitrogens is 2. The normalized spacial score (nSPS) is 11.0. The van der Waals surface area contributed by atoms with Crippen LogP contribution in [0.3, 0.4) is 0 Å². The molecule has 0 saturated carbocycles. The van der Waals surface area contributed by atoms with Crippen LogP contribution in [0.25, 0.3) is 11.3 Å². The second-order valence-corrected chi connectivity index (χ2v) is 9.43. The zero-order valence-electron chi connectivity index (χ0n) is 16.5. The summed E-state index contributed by atoms with van der Waals surface area (Å²) in [5, 5.41) is 4.56. The van der Waals surface area contributed by atoms with Crippen LogP contribution in [0, 0.1) is 12.8 Å². The lowest BCUT2D eigenvalue weighted by atomic mass is 10.0. The van der Waals surface area contributed by atoms with Crippen LogP contribution in [-0.2, 0) is 11.2 Å². The average molecular weight is 495 g/mol. The highest BCUT2D eigenvalue weighted by atomic mass is 79.9. The number of rotatable bonds is 6. The third-order valence-corrected chi connectivity index (χ3v) is 6.06. The zero-order chi connectivity index (χ0) is 21.1. The van der Waals surface area contributed by atoms with Gasteiger partial charge >= 0.3 is 5.97 Å². The Labute approximate surface area is 187 Å². The molecule has 8 heteroatoms. The average Bonchev–Trinajstić information content (AvgIpc) is 3.06. The first kappa shape index (κ1) is 21.7. The first-order valence-corrected chi connectivity index (χ1v) is 11.0. The molecular weight excluding hydrogens is 474 g/mol. The topological polar surface area (TPSA) is 64.1 Å². The summed E-state index contributed by atoms with van der Waals surface area (Å²) in [6, 6.07) is 7.64. The molecule has 3 aromatic rings. The van der Waals surface area contributed by atoms with Gasteiger partial charge < -0.3 is 10.1 Å². The van der Waals surface area contributed by atoms with Gasteiger partial charge in [0.2, 0.25) is 0 Å². The fraction of sp³-hybridized carbons (Fsp3) is 0.286. The molecule has 0 fully saturated rings. The van der Waals surface area contributed by atoms with Crippen LogP contribution in [0.5, 0.6) is 0 Å². The SMILES string of the molecule is COC(=O)c1cc(Br)cnc1Nc1nc(-c2ccc(C)c(Cl)c2)c(CC(C)C)s1. The first-order chi connectivity index (χ1) is 13.8. The quantitative estimate of drug-likeness (QED) is 0.388. The van der Waals surface area contributed by atoms with Crippen LogP contribution in [0.15, 0.2) is 34.9 Å². The lowest BCUT2D eigenvalue weighted by Crippen LogP contribution is -2.07. The van der Waals surface area contributed by atoms with E-state index in [-0.39, 0.29) is 0 Å². The highest BCUT2D eigenvalue weighted by molar-refractivity contribution is 9.10. The van der Waals surface area contributed by atoms with Crippen molar-refractivity contribution in [1.82, 2.24) is 9.97 Å². The molecule has 3 rings (SSSR count). The molecule has 0 radical (unpaired) electrons. The van der Waals surface area contributed by atoms with E-state index >= 15 is 0 Å². The Morgan fingerprint density at radius 3 is 2.76 bits per heavy atom. The van der Waals surface area contributed by atoms with Crippen molar-refractivity contribution in [3.05, 3.63) is 56.0 Å². The van der Waals surface area contributed by atoms with Gasteiger partial charge in [0, 0.05) is 26.1 Å². The van der Waals surface area contributed by atoms with Gasteiger partial charge in [0.15, 0.2) is 5.13 Å². The van der Waals surface area contributed by atoms with Crippen LogP contribution >= 0.6 is 38.9 Å². The van der Waals surface area contributed by atoms with Crippen LogP contribution in [0.4, 0.5) is 10.9 Å². The number of nitrogens with zero attached hydrogens (tertiary/aromatic N) is 2. The molecule has 0 aliphatic rings. The molecule has 0 saturated heterocycles. The Morgan fingerprint density at radius 1 is 1.34 bits per heavy atom. The van der Waals surface area contributed by atoms with Gasteiger partial charge in [-0.1, -0.05) is 37.6 Å². The van der Waals surface area contributed by atoms with E-state index in [2.05, 4.69) is 40.1 Å². The Kier molecular flexibility index (Phi) is 6.93. The van der Waals surface area contributed by atoms with Crippen molar-refractivity contribution in [1.29, 1.82) is 0 Å². The number of thiazole rings is 1. The van der Waals surface area contributed by atoms with Crippen molar-refractivity contribution in [2.45, 2.75) is 27.2 Å². The smallest absolute Gasteiger partial charge is 0.341 e. The number of carbonyl (C=O) groups excluding carboxylic acids is 1. The number of pyridine rings is 1. The van der Waals surface area contributed by atoms with E-state index in [4.69, 9.17) is 21.3 Å². The Bertz CT molecular complexity index is 1050. The lowest BCUT2D eigenvalue weighted by molar-refractivity contribution is 0.0601. The second kappa shape index (κ2) is 9.24. The molecular formula is C21H21BrClN3O2S. The standard InChI is InChI=1S/C21H21BrClN3O2S/c1-11(2)7-17-18(13-6-5-12(3)16(23)8-13)25-21(29-17)26-19-15(20(27)28-4)9-14(22)10-24-19/h5-6,8-11H,7H2,1-4H3,(H,24,25,26). The van der Waals surface area contributed by atoms with Crippen LogP contribution in [0.2, 0.25) is 5.02 Å². The number of benzene rings is 1. The number of methoxy groups -OCH3 is 1. The number of hydrogen-bond acceptors (Lipinski definition) is 6. The summed E-state index contributed by atoms with van der Waals surface area (Å²) < 4.78 is 5.57. The molecule has 0 spiro atoms.